The molecule has 0 aliphatic heterocycles. The molecule has 0 aromatic rings. The zero-order chi connectivity index (χ0) is 19.8. The Bertz CT molecular complexity index is 620. The van der Waals surface area contributed by atoms with Gasteiger partial charge in [-0.3, -0.25) is 10.2 Å². The highest BCUT2D eigenvalue weighted by Crippen LogP contribution is 2.58. The number of fused-ring (bicyclic) bond motifs is 5. The molecule has 0 saturated heterocycles. The number of nitrogens with one attached hydrogen (secondary N) is 2. The quantitative estimate of drug-likeness (QED) is 0.281. The fourth-order valence-electron chi connectivity index (χ4n) is 7.84. The monoisotopic (exact) mass is 386 g/mol. The summed E-state index contributed by atoms with van der Waals surface area (Å²) in [5.41, 5.74) is 7.26. The summed E-state index contributed by atoms with van der Waals surface area (Å²) < 4.78 is 0. The van der Waals surface area contributed by atoms with Gasteiger partial charge in [0.1, 0.15) is 12.4 Å². The highest BCUT2D eigenvalue weighted by atomic mass is 16.1. The van der Waals surface area contributed by atoms with E-state index in [0.29, 0.717) is 5.92 Å². The van der Waals surface area contributed by atoms with E-state index in [1.54, 1.807) is 6.92 Å². The van der Waals surface area contributed by atoms with Crippen molar-refractivity contribution < 1.29 is 4.79 Å². The van der Waals surface area contributed by atoms with Crippen molar-refractivity contribution in [3.8, 4) is 0 Å². The second-order valence-corrected chi connectivity index (χ2v) is 10.4. The molecule has 28 heavy (non-hydrogen) atoms. The van der Waals surface area contributed by atoms with Gasteiger partial charge < -0.3 is 0 Å². The smallest absolute Gasteiger partial charge is 0.157 e. The summed E-state index contributed by atoms with van der Waals surface area (Å²) in [5.74, 6) is 6.45. The van der Waals surface area contributed by atoms with Crippen LogP contribution in [0.2, 0.25) is 0 Å². The molecule has 4 aliphatic rings. The Balaban J connectivity index is 1.46. The predicted molar refractivity (Wildman–Crippen MR) is 110 cm³/mol. The van der Waals surface area contributed by atoms with Crippen LogP contribution in [0.1, 0.15) is 78.1 Å². The van der Waals surface area contributed by atoms with Gasteiger partial charge in [0.05, 0.1) is 0 Å². The van der Waals surface area contributed by atoms with Gasteiger partial charge >= 0.3 is 0 Å². The molecule has 0 aromatic heterocycles. The van der Waals surface area contributed by atoms with Crippen LogP contribution < -0.4 is 0 Å². The maximum Gasteiger partial charge on any atom is 0.157 e. The highest BCUT2D eigenvalue weighted by molar-refractivity contribution is 5.87. The van der Waals surface area contributed by atoms with E-state index in [1.807, 2.05) is 0 Å². The summed E-state index contributed by atoms with van der Waals surface area (Å²) in [5, 5.41) is 12.3. The van der Waals surface area contributed by atoms with E-state index in [2.05, 4.69) is 12.1 Å². The van der Waals surface area contributed by atoms with Crippen molar-refractivity contribution in [3.63, 3.8) is 0 Å². The van der Waals surface area contributed by atoms with Crippen LogP contribution >= 0.6 is 0 Å². The molecule has 4 fully saturated rings. The predicted octanol–water partition coefficient (Wildman–Crippen LogP) is 5.71. The molecule has 5 nitrogen and oxygen atoms in total. The minimum absolute atomic E-state index is 0.114. The maximum atomic E-state index is 13.1. The molecule has 5 heteroatoms. The average molecular weight is 387 g/mol. The Morgan fingerprint density at radius 2 is 1.57 bits per heavy atom. The molecular formula is C23H38N4O. The SMILES string of the molecule is CC(=N)N(CC(=O)C1CCCC2C1CCC1C3CCC(C)CC3CCC12)N=N. The summed E-state index contributed by atoms with van der Waals surface area (Å²) in [6.45, 7) is 4.16. The molecule has 4 rings (SSSR count). The van der Waals surface area contributed by atoms with Gasteiger partial charge in [0.25, 0.3) is 0 Å². The van der Waals surface area contributed by atoms with Crippen LogP contribution in [0.3, 0.4) is 0 Å². The van der Waals surface area contributed by atoms with Gasteiger partial charge in [-0.15, -0.1) is 0 Å². The van der Waals surface area contributed by atoms with E-state index in [1.165, 1.54) is 62.8 Å². The third kappa shape index (κ3) is 3.66. The minimum Gasteiger partial charge on any atom is -0.297 e. The van der Waals surface area contributed by atoms with Crippen molar-refractivity contribution in [1.29, 1.82) is 10.9 Å². The van der Waals surface area contributed by atoms with Crippen LogP contribution in [-0.4, -0.2) is 23.2 Å². The van der Waals surface area contributed by atoms with Crippen molar-refractivity contribution in [2.75, 3.05) is 6.54 Å². The standard InChI is InChI=1S/C23H38N4O/c1-14-6-8-17-16(12-14)7-9-20-18-4-3-5-22(21(18)11-10-19(17)20)23(28)13-27(26-25)15(2)24/h14,16-22,24-25H,3-13H2,1-2H3. The third-order valence-electron chi connectivity index (χ3n) is 9.00. The van der Waals surface area contributed by atoms with Crippen LogP contribution in [-0.2, 0) is 4.79 Å². The van der Waals surface area contributed by atoms with Gasteiger partial charge in [-0.2, -0.15) is 5.53 Å². The minimum atomic E-state index is 0.114. The van der Waals surface area contributed by atoms with Crippen molar-refractivity contribution in [1.82, 2.24) is 5.01 Å². The van der Waals surface area contributed by atoms with Crippen LogP contribution in [0.15, 0.2) is 5.22 Å². The van der Waals surface area contributed by atoms with E-state index in [9.17, 15) is 4.79 Å². The molecule has 8 atom stereocenters. The number of carbonyl (C=O) groups excluding carboxylic acids is 1. The summed E-state index contributed by atoms with van der Waals surface area (Å²) >= 11 is 0. The van der Waals surface area contributed by atoms with E-state index in [4.69, 9.17) is 10.9 Å². The lowest BCUT2D eigenvalue weighted by molar-refractivity contribution is -0.131. The Hall–Kier alpha value is -1.26. The number of rotatable bonds is 4. The van der Waals surface area contributed by atoms with Gasteiger partial charge in [-0.25, -0.2) is 5.01 Å². The number of hydrogen-bond donors (Lipinski definition) is 2. The second kappa shape index (κ2) is 8.23. The largest absolute Gasteiger partial charge is 0.297 e. The molecule has 4 aliphatic carbocycles. The fourth-order valence-corrected chi connectivity index (χ4v) is 7.84. The van der Waals surface area contributed by atoms with Gasteiger partial charge in [-0.05, 0) is 99.7 Å². The molecule has 156 valence electrons. The molecule has 0 aromatic carbocycles. The van der Waals surface area contributed by atoms with Crippen molar-refractivity contribution in [2.24, 2.45) is 52.6 Å². The third-order valence-corrected chi connectivity index (χ3v) is 9.00. The van der Waals surface area contributed by atoms with E-state index < -0.39 is 0 Å². The summed E-state index contributed by atoms with van der Waals surface area (Å²) in [6.07, 6.45) is 13.2. The lowest BCUT2D eigenvalue weighted by atomic mass is 9.49. The Kier molecular flexibility index (Phi) is 5.89. The molecule has 0 radical (unpaired) electrons. The number of nitrogens with zero attached hydrogens (tertiary/aromatic N) is 2. The lowest BCUT2D eigenvalue weighted by Gasteiger charge is -2.56. The first-order chi connectivity index (χ1) is 13.5. The van der Waals surface area contributed by atoms with Gasteiger partial charge in [0.15, 0.2) is 5.78 Å². The van der Waals surface area contributed by atoms with E-state index in [0.717, 1.165) is 41.9 Å². The fraction of sp³-hybridized carbons (Fsp3) is 0.913. The van der Waals surface area contributed by atoms with Crippen LogP contribution in [0, 0.1) is 58.3 Å². The second-order valence-electron chi connectivity index (χ2n) is 10.4. The average Bonchev–Trinajstić information content (AvgIpc) is 2.70. The van der Waals surface area contributed by atoms with Gasteiger partial charge in [0, 0.05) is 5.92 Å². The Labute approximate surface area is 170 Å². The number of carbonyl (C=O) groups is 1. The first kappa shape index (κ1) is 20.0. The first-order valence-electron chi connectivity index (χ1n) is 11.7. The molecule has 8 unspecified atom stereocenters. The molecule has 0 bridgehead atoms. The molecule has 4 saturated carbocycles. The van der Waals surface area contributed by atoms with Crippen molar-refractivity contribution in [2.45, 2.75) is 78.1 Å². The van der Waals surface area contributed by atoms with Crippen LogP contribution in [0.5, 0.6) is 0 Å². The van der Waals surface area contributed by atoms with Crippen molar-refractivity contribution >= 4 is 11.6 Å². The number of amidine groups is 1. The van der Waals surface area contributed by atoms with Crippen LogP contribution in [0.4, 0.5) is 0 Å². The Morgan fingerprint density at radius 3 is 2.32 bits per heavy atom. The van der Waals surface area contributed by atoms with Gasteiger partial charge in [-0.1, -0.05) is 25.0 Å². The highest BCUT2D eigenvalue weighted by Gasteiger charge is 2.51. The van der Waals surface area contributed by atoms with Gasteiger partial charge in [0.2, 0.25) is 0 Å². The summed E-state index contributed by atoms with van der Waals surface area (Å²) in [7, 11) is 0. The van der Waals surface area contributed by atoms with Crippen LogP contribution in [0.25, 0.3) is 0 Å². The lowest BCUT2D eigenvalue weighted by Crippen LogP contribution is -2.49. The summed E-state index contributed by atoms with van der Waals surface area (Å²) in [4.78, 5) is 13.1. The summed E-state index contributed by atoms with van der Waals surface area (Å²) in [6, 6.07) is 0. The normalized spacial score (nSPS) is 42.5. The Morgan fingerprint density at radius 1 is 0.929 bits per heavy atom. The zero-order valence-electron chi connectivity index (χ0n) is 17.7. The van der Waals surface area contributed by atoms with Crippen molar-refractivity contribution in [3.05, 3.63) is 0 Å². The molecule has 0 heterocycles. The number of hydrogen-bond acceptors (Lipinski definition) is 4. The zero-order valence-corrected chi connectivity index (χ0v) is 17.7. The molecule has 0 amide bonds. The maximum absolute atomic E-state index is 13.1. The topological polar surface area (TPSA) is 80.4 Å². The number of ketones is 1. The molecule has 2 N–H and O–H groups in total. The molecule has 0 spiro atoms. The molecular weight excluding hydrogens is 348 g/mol. The number of Topliss-reactive ketones (excluding diaryl/α,β-unsaturated/α-hetero) is 1. The van der Waals surface area contributed by atoms with E-state index >= 15 is 0 Å². The first-order valence-corrected chi connectivity index (χ1v) is 11.7. The van der Waals surface area contributed by atoms with E-state index in [-0.39, 0.29) is 24.1 Å².